The molecular formula is C15H30N2. The predicted octanol–water partition coefficient (Wildman–Crippen LogP) is 3.17. The number of unbranched alkanes of at least 4 members (excludes halogenated alkanes) is 2. The number of piperazine rings is 1. The van der Waals surface area contributed by atoms with Gasteiger partial charge in [-0.3, -0.25) is 4.90 Å². The van der Waals surface area contributed by atoms with Crippen molar-refractivity contribution in [3.63, 3.8) is 0 Å². The molecule has 0 bridgehead atoms. The fourth-order valence-corrected chi connectivity index (χ4v) is 3.65. The zero-order valence-corrected chi connectivity index (χ0v) is 11.8. The summed E-state index contributed by atoms with van der Waals surface area (Å²) in [5.41, 5.74) is 0.541. The average molecular weight is 238 g/mol. The van der Waals surface area contributed by atoms with E-state index in [1.807, 2.05) is 0 Å². The number of rotatable bonds is 5. The Morgan fingerprint density at radius 3 is 2.59 bits per heavy atom. The molecule has 0 aromatic carbocycles. The molecule has 0 radical (unpaired) electrons. The predicted molar refractivity (Wildman–Crippen MR) is 74.4 cm³/mol. The van der Waals surface area contributed by atoms with Gasteiger partial charge in [-0.05, 0) is 32.2 Å². The van der Waals surface area contributed by atoms with Crippen LogP contribution in [0.25, 0.3) is 0 Å². The summed E-state index contributed by atoms with van der Waals surface area (Å²) in [5.74, 6) is 0. The topological polar surface area (TPSA) is 15.3 Å². The highest BCUT2D eigenvalue weighted by Crippen LogP contribution is 2.37. The van der Waals surface area contributed by atoms with E-state index in [9.17, 15) is 0 Å². The highest BCUT2D eigenvalue weighted by molar-refractivity contribution is 5.01. The molecule has 1 N–H and O–H groups in total. The first kappa shape index (κ1) is 13.4. The van der Waals surface area contributed by atoms with Crippen LogP contribution in [0.4, 0.5) is 0 Å². The van der Waals surface area contributed by atoms with Gasteiger partial charge in [0.05, 0.1) is 0 Å². The zero-order valence-electron chi connectivity index (χ0n) is 11.8. The maximum absolute atomic E-state index is 3.78. The minimum Gasteiger partial charge on any atom is -0.311 e. The molecule has 2 rings (SSSR count). The van der Waals surface area contributed by atoms with Crippen molar-refractivity contribution in [1.82, 2.24) is 10.2 Å². The summed E-state index contributed by atoms with van der Waals surface area (Å²) in [6.07, 6.45) is 11.2. The second-order valence-electron chi connectivity index (χ2n) is 6.07. The number of hydrogen-bond acceptors (Lipinski definition) is 2. The van der Waals surface area contributed by atoms with E-state index in [2.05, 4.69) is 24.1 Å². The summed E-state index contributed by atoms with van der Waals surface area (Å²) in [5, 5.41) is 3.78. The van der Waals surface area contributed by atoms with E-state index in [1.165, 1.54) is 71.0 Å². The van der Waals surface area contributed by atoms with E-state index in [0.29, 0.717) is 5.54 Å². The molecule has 0 aromatic rings. The Labute approximate surface area is 107 Å². The third-order valence-electron chi connectivity index (χ3n) is 4.89. The largest absolute Gasteiger partial charge is 0.311 e. The summed E-state index contributed by atoms with van der Waals surface area (Å²) in [6.45, 7) is 8.50. The number of nitrogens with one attached hydrogen (secondary N) is 1. The molecule has 1 aliphatic carbocycles. The van der Waals surface area contributed by atoms with Crippen LogP contribution in [0.3, 0.4) is 0 Å². The van der Waals surface area contributed by atoms with E-state index in [1.54, 1.807) is 0 Å². The molecule has 0 aromatic heterocycles. The third-order valence-corrected chi connectivity index (χ3v) is 4.89. The van der Waals surface area contributed by atoms with E-state index < -0.39 is 0 Å². The Morgan fingerprint density at radius 1 is 1.18 bits per heavy atom. The second-order valence-corrected chi connectivity index (χ2v) is 6.07. The molecule has 1 aliphatic heterocycles. The highest BCUT2D eigenvalue weighted by atomic mass is 15.3. The van der Waals surface area contributed by atoms with Crippen molar-refractivity contribution in [1.29, 1.82) is 0 Å². The Kier molecular flexibility index (Phi) is 4.87. The van der Waals surface area contributed by atoms with Crippen molar-refractivity contribution >= 4 is 0 Å². The third kappa shape index (κ3) is 3.03. The minimum absolute atomic E-state index is 0.541. The van der Waals surface area contributed by atoms with Gasteiger partial charge in [0.2, 0.25) is 0 Å². The van der Waals surface area contributed by atoms with E-state index in [4.69, 9.17) is 0 Å². The highest BCUT2D eigenvalue weighted by Gasteiger charge is 2.42. The van der Waals surface area contributed by atoms with Crippen LogP contribution < -0.4 is 5.32 Å². The normalized spacial score (nSPS) is 28.9. The molecule has 1 atom stereocenters. The van der Waals surface area contributed by atoms with Crippen molar-refractivity contribution in [3.8, 4) is 0 Å². The molecule has 0 amide bonds. The van der Waals surface area contributed by atoms with Crippen molar-refractivity contribution in [2.75, 3.05) is 19.6 Å². The van der Waals surface area contributed by atoms with Gasteiger partial charge in [-0.25, -0.2) is 0 Å². The van der Waals surface area contributed by atoms with Gasteiger partial charge in [-0.15, -0.1) is 0 Å². The quantitative estimate of drug-likeness (QED) is 0.740. The number of nitrogens with zero attached hydrogens (tertiary/aromatic N) is 1. The molecule has 2 fully saturated rings. The van der Waals surface area contributed by atoms with Crippen molar-refractivity contribution in [2.24, 2.45) is 0 Å². The van der Waals surface area contributed by atoms with Crippen LogP contribution in [0.5, 0.6) is 0 Å². The molecule has 2 aliphatic rings. The lowest BCUT2D eigenvalue weighted by atomic mass is 9.90. The van der Waals surface area contributed by atoms with E-state index in [0.717, 1.165) is 6.04 Å². The summed E-state index contributed by atoms with van der Waals surface area (Å²) in [4.78, 5) is 2.85. The van der Waals surface area contributed by atoms with Gasteiger partial charge >= 0.3 is 0 Å². The molecule has 1 heterocycles. The molecule has 100 valence electrons. The summed E-state index contributed by atoms with van der Waals surface area (Å²) in [6, 6.07) is 0.739. The molecule has 1 unspecified atom stereocenters. The standard InChI is InChI=1S/C15H30N2/c1-3-5-8-11-17-12-14(4-2)16-13-15(17)9-6-7-10-15/h14,16H,3-13H2,1-2H3. The summed E-state index contributed by atoms with van der Waals surface area (Å²) in [7, 11) is 0. The van der Waals surface area contributed by atoms with Gasteiger partial charge in [-0.1, -0.05) is 39.5 Å². The maximum Gasteiger partial charge on any atom is 0.0334 e. The lowest BCUT2D eigenvalue weighted by Gasteiger charge is -2.48. The molecule has 17 heavy (non-hydrogen) atoms. The van der Waals surface area contributed by atoms with Crippen molar-refractivity contribution < 1.29 is 0 Å². The van der Waals surface area contributed by atoms with Crippen molar-refractivity contribution in [3.05, 3.63) is 0 Å². The lowest BCUT2D eigenvalue weighted by Crippen LogP contribution is -2.63. The molecular weight excluding hydrogens is 208 g/mol. The zero-order chi connectivity index (χ0) is 12.1. The van der Waals surface area contributed by atoms with Gasteiger partial charge in [0.1, 0.15) is 0 Å². The van der Waals surface area contributed by atoms with Gasteiger partial charge in [0.25, 0.3) is 0 Å². The monoisotopic (exact) mass is 238 g/mol. The summed E-state index contributed by atoms with van der Waals surface area (Å²) < 4.78 is 0. The van der Waals surface area contributed by atoms with Crippen LogP contribution >= 0.6 is 0 Å². The van der Waals surface area contributed by atoms with Crippen LogP contribution in [0.15, 0.2) is 0 Å². The van der Waals surface area contributed by atoms with Crippen LogP contribution in [0.2, 0.25) is 0 Å². The first-order chi connectivity index (χ1) is 8.30. The Balaban J connectivity index is 1.93. The average Bonchev–Trinajstić information content (AvgIpc) is 2.81. The van der Waals surface area contributed by atoms with E-state index in [-0.39, 0.29) is 0 Å². The Hall–Kier alpha value is -0.0800. The van der Waals surface area contributed by atoms with E-state index >= 15 is 0 Å². The molecule has 1 spiro atoms. The van der Waals surface area contributed by atoms with Gasteiger partial charge in [-0.2, -0.15) is 0 Å². The van der Waals surface area contributed by atoms with Gasteiger partial charge in [0, 0.05) is 24.7 Å². The van der Waals surface area contributed by atoms with Gasteiger partial charge in [0.15, 0.2) is 0 Å². The first-order valence-electron chi connectivity index (χ1n) is 7.79. The summed E-state index contributed by atoms with van der Waals surface area (Å²) >= 11 is 0. The van der Waals surface area contributed by atoms with Gasteiger partial charge < -0.3 is 5.32 Å². The second kappa shape index (κ2) is 6.19. The Morgan fingerprint density at radius 2 is 1.94 bits per heavy atom. The molecule has 1 saturated heterocycles. The van der Waals surface area contributed by atoms with Crippen LogP contribution in [0.1, 0.15) is 65.2 Å². The molecule has 2 nitrogen and oxygen atoms in total. The molecule has 1 saturated carbocycles. The van der Waals surface area contributed by atoms with Crippen molar-refractivity contribution in [2.45, 2.75) is 76.8 Å². The number of hydrogen-bond donors (Lipinski definition) is 1. The van der Waals surface area contributed by atoms with Crippen LogP contribution in [0, 0.1) is 0 Å². The maximum atomic E-state index is 3.78. The fraction of sp³-hybridized carbons (Fsp3) is 1.00. The fourth-order valence-electron chi connectivity index (χ4n) is 3.65. The Bertz CT molecular complexity index is 221. The lowest BCUT2D eigenvalue weighted by molar-refractivity contribution is 0.0407. The minimum atomic E-state index is 0.541. The van der Waals surface area contributed by atoms with Crippen LogP contribution in [-0.4, -0.2) is 36.1 Å². The SMILES string of the molecule is CCCCCN1CC(CC)NCC12CCCC2. The first-order valence-corrected chi connectivity index (χ1v) is 7.79. The van der Waals surface area contributed by atoms with Crippen LogP contribution in [-0.2, 0) is 0 Å². The molecule has 2 heteroatoms. The smallest absolute Gasteiger partial charge is 0.0334 e.